The van der Waals surface area contributed by atoms with Gasteiger partial charge in [0, 0.05) is 39.6 Å². The first kappa shape index (κ1) is 17.3. The van der Waals surface area contributed by atoms with Crippen molar-refractivity contribution in [2.45, 2.75) is 6.04 Å². The third-order valence-corrected chi connectivity index (χ3v) is 3.54. The Bertz CT molecular complexity index is 496. The molecule has 114 valence electrons. The van der Waals surface area contributed by atoms with E-state index in [1.54, 1.807) is 0 Å². The van der Waals surface area contributed by atoms with E-state index in [4.69, 9.17) is 5.73 Å². The van der Waals surface area contributed by atoms with Gasteiger partial charge in [0.15, 0.2) is 0 Å². The molecule has 0 amide bonds. The summed E-state index contributed by atoms with van der Waals surface area (Å²) in [5, 5.41) is 0. The van der Waals surface area contributed by atoms with Gasteiger partial charge >= 0.3 is 0 Å². The molecule has 0 aromatic heterocycles. The second kappa shape index (κ2) is 7.34. The van der Waals surface area contributed by atoms with Crippen molar-refractivity contribution in [2.24, 2.45) is 5.73 Å². The zero-order valence-electron chi connectivity index (χ0n) is 13.1. The fourth-order valence-corrected chi connectivity index (χ4v) is 2.15. The van der Waals surface area contributed by atoms with Gasteiger partial charge in [0.2, 0.25) is 0 Å². The van der Waals surface area contributed by atoms with Gasteiger partial charge in [0.25, 0.3) is 0 Å². The highest BCUT2D eigenvalue weighted by Gasteiger charge is 2.09. The second-order valence-corrected chi connectivity index (χ2v) is 5.45. The van der Waals surface area contributed by atoms with Gasteiger partial charge in [-0.25, -0.2) is 0 Å². The van der Waals surface area contributed by atoms with Crippen LogP contribution in [0.3, 0.4) is 0 Å². The highest BCUT2D eigenvalue weighted by atomic mass is 35.5. The van der Waals surface area contributed by atoms with E-state index >= 15 is 0 Å². The van der Waals surface area contributed by atoms with Crippen LogP contribution >= 0.6 is 12.4 Å². The summed E-state index contributed by atoms with van der Waals surface area (Å²) >= 11 is 0. The highest BCUT2D eigenvalue weighted by molar-refractivity contribution is 5.85. The molecule has 2 rings (SSSR count). The predicted octanol–water partition coefficient (Wildman–Crippen LogP) is 3.29. The van der Waals surface area contributed by atoms with E-state index in [1.807, 2.05) is 28.2 Å². The summed E-state index contributed by atoms with van der Waals surface area (Å²) in [6.07, 6.45) is 0. The first-order chi connectivity index (χ1) is 9.49. The Morgan fingerprint density at radius 1 is 0.667 bits per heavy atom. The van der Waals surface area contributed by atoms with Gasteiger partial charge in [0.1, 0.15) is 0 Å². The van der Waals surface area contributed by atoms with Crippen molar-refractivity contribution >= 4 is 23.8 Å². The molecule has 0 bridgehead atoms. The van der Waals surface area contributed by atoms with Crippen LogP contribution in [0.4, 0.5) is 11.4 Å². The fourth-order valence-electron chi connectivity index (χ4n) is 2.15. The van der Waals surface area contributed by atoms with E-state index in [2.05, 4.69) is 58.3 Å². The first-order valence-electron chi connectivity index (χ1n) is 6.79. The molecule has 0 fully saturated rings. The molecule has 2 aromatic rings. The van der Waals surface area contributed by atoms with E-state index < -0.39 is 0 Å². The third kappa shape index (κ3) is 4.13. The van der Waals surface area contributed by atoms with Crippen LogP contribution in [0.25, 0.3) is 0 Å². The molecule has 21 heavy (non-hydrogen) atoms. The molecular formula is C17H24ClN3. The van der Waals surface area contributed by atoms with Crippen molar-refractivity contribution in [1.29, 1.82) is 0 Å². The van der Waals surface area contributed by atoms with Crippen LogP contribution in [0.15, 0.2) is 48.5 Å². The summed E-state index contributed by atoms with van der Waals surface area (Å²) in [5.41, 5.74) is 11.0. The molecule has 2 aromatic carbocycles. The molecule has 2 N–H and O–H groups in total. The lowest BCUT2D eigenvalue weighted by Crippen LogP contribution is -2.14. The average Bonchev–Trinajstić information content (AvgIpc) is 2.46. The minimum atomic E-state index is -0.0811. The Balaban J connectivity index is 0.00000220. The standard InChI is InChI=1S/C17H23N3.ClH/c1-19(2)15-9-5-13(6-10-15)17(18)14-7-11-16(12-8-14)20(3)4;/h5-12,17H,18H2,1-4H3;1H. The van der Waals surface area contributed by atoms with Gasteiger partial charge in [-0.3, -0.25) is 0 Å². The maximum atomic E-state index is 6.34. The molecule has 0 atom stereocenters. The molecule has 0 saturated heterocycles. The van der Waals surface area contributed by atoms with Gasteiger partial charge in [-0.2, -0.15) is 0 Å². The molecule has 0 saturated carbocycles. The summed E-state index contributed by atoms with van der Waals surface area (Å²) in [4.78, 5) is 4.17. The van der Waals surface area contributed by atoms with Crippen LogP contribution in [-0.2, 0) is 0 Å². The third-order valence-electron chi connectivity index (χ3n) is 3.54. The molecule has 0 aliphatic rings. The van der Waals surface area contributed by atoms with Crippen LogP contribution in [0.2, 0.25) is 0 Å². The maximum Gasteiger partial charge on any atom is 0.0551 e. The maximum absolute atomic E-state index is 6.34. The number of halogens is 1. The van der Waals surface area contributed by atoms with Gasteiger partial charge in [0.05, 0.1) is 6.04 Å². The molecule has 0 aliphatic heterocycles. The number of anilines is 2. The number of nitrogens with zero attached hydrogens (tertiary/aromatic N) is 2. The summed E-state index contributed by atoms with van der Waals surface area (Å²) in [7, 11) is 8.15. The van der Waals surface area contributed by atoms with Crippen molar-refractivity contribution in [2.75, 3.05) is 38.0 Å². The Kier molecular flexibility index (Phi) is 6.06. The van der Waals surface area contributed by atoms with E-state index in [-0.39, 0.29) is 18.4 Å². The average molecular weight is 306 g/mol. The first-order valence-corrected chi connectivity index (χ1v) is 6.79. The normalized spacial score (nSPS) is 10.2. The monoisotopic (exact) mass is 305 g/mol. The van der Waals surface area contributed by atoms with Crippen LogP contribution < -0.4 is 15.5 Å². The highest BCUT2D eigenvalue weighted by Crippen LogP contribution is 2.23. The van der Waals surface area contributed by atoms with Crippen molar-refractivity contribution in [3.63, 3.8) is 0 Å². The Morgan fingerprint density at radius 2 is 0.952 bits per heavy atom. The van der Waals surface area contributed by atoms with E-state index in [0.29, 0.717) is 0 Å². The van der Waals surface area contributed by atoms with Crippen LogP contribution in [0.5, 0.6) is 0 Å². The van der Waals surface area contributed by atoms with Gasteiger partial charge in [-0.1, -0.05) is 24.3 Å². The SMILES string of the molecule is CN(C)c1ccc(C(N)c2ccc(N(C)C)cc2)cc1.Cl. The van der Waals surface area contributed by atoms with Crippen LogP contribution in [0.1, 0.15) is 17.2 Å². The lowest BCUT2D eigenvalue weighted by atomic mass is 9.99. The Morgan fingerprint density at radius 3 is 1.19 bits per heavy atom. The van der Waals surface area contributed by atoms with E-state index in [0.717, 1.165) is 11.1 Å². The van der Waals surface area contributed by atoms with Crippen LogP contribution in [-0.4, -0.2) is 28.2 Å². The summed E-state index contributed by atoms with van der Waals surface area (Å²) in [6, 6.07) is 16.7. The lowest BCUT2D eigenvalue weighted by Gasteiger charge is -2.17. The zero-order valence-corrected chi connectivity index (χ0v) is 13.9. The number of hydrogen-bond donors (Lipinski definition) is 1. The van der Waals surface area contributed by atoms with Crippen LogP contribution in [0, 0.1) is 0 Å². The smallest absolute Gasteiger partial charge is 0.0551 e. The Hall–Kier alpha value is -1.71. The number of nitrogens with two attached hydrogens (primary N) is 1. The van der Waals surface area contributed by atoms with E-state index in [9.17, 15) is 0 Å². The number of rotatable bonds is 4. The molecule has 0 spiro atoms. The minimum absolute atomic E-state index is 0. The van der Waals surface area contributed by atoms with Crippen molar-refractivity contribution < 1.29 is 0 Å². The van der Waals surface area contributed by atoms with Gasteiger partial charge in [-0.05, 0) is 35.4 Å². The van der Waals surface area contributed by atoms with E-state index in [1.165, 1.54) is 11.4 Å². The Labute approximate surface area is 133 Å². The lowest BCUT2D eigenvalue weighted by molar-refractivity contribution is 0.870. The fraction of sp³-hybridized carbons (Fsp3) is 0.294. The predicted molar refractivity (Wildman–Crippen MR) is 94.8 cm³/mol. The summed E-state index contributed by atoms with van der Waals surface area (Å²) in [6.45, 7) is 0. The molecule has 3 nitrogen and oxygen atoms in total. The largest absolute Gasteiger partial charge is 0.378 e. The topological polar surface area (TPSA) is 32.5 Å². The number of benzene rings is 2. The molecule has 0 radical (unpaired) electrons. The summed E-state index contributed by atoms with van der Waals surface area (Å²) < 4.78 is 0. The molecule has 4 heteroatoms. The summed E-state index contributed by atoms with van der Waals surface area (Å²) in [5.74, 6) is 0. The second-order valence-electron chi connectivity index (χ2n) is 5.45. The minimum Gasteiger partial charge on any atom is -0.378 e. The molecule has 0 heterocycles. The number of hydrogen-bond acceptors (Lipinski definition) is 3. The van der Waals surface area contributed by atoms with Crippen molar-refractivity contribution in [3.8, 4) is 0 Å². The molecule has 0 aliphatic carbocycles. The van der Waals surface area contributed by atoms with Gasteiger partial charge < -0.3 is 15.5 Å². The quantitative estimate of drug-likeness (QED) is 0.941. The zero-order chi connectivity index (χ0) is 14.7. The van der Waals surface area contributed by atoms with Crippen molar-refractivity contribution in [3.05, 3.63) is 59.7 Å². The van der Waals surface area contributed by atoms with Gasteiger partial charge in [-0.15, -0.1) is 12.4 Å². The van der Waals surface area contributed by atoms with Crippen molar-refractivity contribution in [1.82, 2.24) is 0 Å². The molecule has 0 unspecified atom stereocenters. The molecular weight excluding hydrogens is 282 g/mol.